The van der Waals surface area contributed by atoms with Crippen LogP contribution in [0.3, 0.4) is 0 Å². The van der Waals surface area contributed by atoms with Crippen LogP contribution >= 0.6 is 15.9 Å². The standard InChI is InChI=1S/C26H31BrN2O4S/c1-17-3-4-21(10-23(17)34(31,32)29-20-5-7-22(33-2)8-6-20)28-24(30)15-25-11-18-9-19(12-25)14-26(27,13-18)16-25/h3-8,10,18-19,29H,9,11-16H2,1-2H3,(H,28,30)/t18-,19+,25?,26?. The third-order valence-electron chi connectivity index (χ3n) is 7.75. The molecule has 6 rings (SSSR count). The molecule has 182 valence electrons. The predicted molar refractivity (Wildman–Crippen MR) is 137 cm³/mol. The second-order valence-corrected chi connectivity index (χ2v) is 14.0. The van der Waals surface area contributed by atoms with Crippen molar-refractivity contribution in [3.63, 3.8) is 0 Å². The molecule has 4 bridgehead atoms. The van der Waals surface area contributed by atoms with Gasteiger partial charge in [-0.3, -0.25) is 9.52 Å². The molecule has 0 aliphatic heterocycles. The lowest BCUT2D eigenvalue weighted by atomic mass is 9.48. The normalized spacial score (nSPS) is 29.6. The van der Waals surface area contributed by atoms with E-state index in [1.165, 1.54) is 19.3 Å². The van der Waals surface area contributed by atoms with Crippen molar-refractivity contribution >= 4 is 43.2 Å². The minimum absolute atomic E-state index is 0.0339. The molecule has 2 unspecified atom stereocenters. The van der Waals surface area contributed by atoms with Gasteiger partial charge in [-0.2, -0.15) is 0 Å². The van der Waals surface area contributed by atoms with Gasteiger partial charge in [0, 0.05) is 22.1 Å². The number of amides is 1. The lowest BCUT2D eigenvalue weighted by Gasteiger charge is -2.60. The molecule has 2 N–H and O–H groups in total. The first-order chi connectivity index (χ1) is 16.1. The van der Waals surface area contributed by atoms with Crippen LogP contribution in [-0.4, -0.2) is 25.8 Å². The summed E-state index contributed by atoms with van der Waals surface area (Å²) in [7, 11) is -2.26. The molecule has 2 aromatic carbocycles. The fourth-order valence-electron chi connectivity index (χ4n) is 6.93. The number of aryl methyl sites for hydroxylation is 1. The summed E-state index contributed by atoms with van der Waals surface area (Å²) in [5, 5.41) is 2.99. The van der Waals surface area contributed by atoms with Crippen LogP contribution in [0.4, 0.5) is 11.4 Å². The summed E-state index contributed by atoms with van der Waals surface area (Å²) in [5.74, 6) is 2.05. The summed E-state index contributed by atoms with van der Waals surface area (Å²) in [4.78, 5) is 13.2. The maximum atomic E-state index is 13.1. The van der Waals surface area contributed by atoms with Crippen molar-refractivity contribution in [2.24, 2.45) is 17.3 Å². The van der Waals surface area contributed by atoms with E-state index in [-0.39, 0.29) is 20.5 Å². The molecule has 0 radical (unpaired) electrons. The van der Waals surface area contributed by atoms with Gasteiger partial charge in [0.1, 0.15) is 5.75 Å². The highest BCUT2D eigenvalue weighted by Crippen LogP contribution is 2.65. The van der Waals surface area contributed by atoms with Crippen molar-refractivity contribution in [1.29, 1.82) is 0 Å². The molecule has 0 heterocycles. The van der Waals surface area contributed by atoms with E-state index < -0.39 is 10.0 Å². The molecule has 4 aliphatic rings. The van der Waals surface area contributed by atoms with Crippen LogP contribution in [-0.2, 0) is 14.8 Å². The zero-order valence-electron chi connectivity index (χ0n) is 19.6. The Morgan fingerprint density at radius 3 is 2.32 bits per heavy atom. The summed E-state index contributed by atoms with van der Waals surface area (Å²) in [5.41, 5.74) is 1.62. The lowest BCUT2D eigenvalue weighted by molar-refractivity contribution is -0.123. The number of halogens is 1. The third kappa shape index (κ3) is 4.71. The largest absolute Gasteiger partial charge is 0.497 e. The van der Waals surface area contributed by atoms with Gasteiger partial charge in [-0.15, -0.1) is 0 Å². The van der Waals surface area contributed by atoms with E-state index >= 15 is 0 Å². The number of rotatable bonds is 7. The lowest BCUT2D eigenvalue weighted by Crippen LogP contribution is -2.53. The number of alkyl halides is 1. The maximum absolute atomic E-state index is 13.1. The number of carbonyl (C=O) groups is 1. The van der Waals surface area contributed by atoms with Gasteiger partial charge in [0.25, 0.3) is 10.0 Å². The summed E-state index contributed by atoms with van der Waals surface area (Å²) in [6.45, 7) is 1.75. The van der Waals surface area contributed by atoms with E-state index in [4.69, 9.17) is 4.74 Å². The van der Waals surface area contributed by atoms with E-state index in [1.54, 1.807) is 56.5 Å². The fourth-order valence-corrected chi connectivity index (χ4v) is 9.77. The molecule has 4 fully saturated rings. The molecule has 4 saturated carbocycles. The number of carbonyl (C=O) groups excluding carboxylic acids is 1. The first-order valence-corrected chi connectivity index (χ1v) is 14.1. The van der Waals surface area contributed by atoms with Crippen LogP contribution in [0.2, 0.25) is 0 Å². The first-order valence-electron chi connectivity index (χ1n) is 11.8. The Labute approximate surface area is 210 Å². The van der Waals surface area contributed by atoms with Crippen LogP contribution in [0.15, 0.2) is 47.4 Å². The van der Waals surface area contributed by atoms with Gasteiger partial charge in [0.15, 0.2) is 0 Å². The zero-order valence-corrected chi connectivity index (χ0v) is 22.0. The van der Waals surface area contributed by atoms with E-state index in [0.29, 0.717) is 40.9 Å². The number of nitrogens with one attached hydrogen (secondary N) is 2. The van der Waals surface area contributed by atoms with Crippen LogP contribution < -0.4 is 14.8 Å². The van der Waals surface area contributed by atoms with Gasteiger partial charge < -0.3 is 10.1 Å². The molecular weight excluding hydrogens is 516 g/mol. The molecule has 0 saturated heterocycles. The number of anilines is 2. The van der Waals surface area contributed by atoms with Gasteiger partial charge in [-0.1, -0.05) is 22.0 Å². The van der Waals surface area contributed by atoms with Crippen LogP contribution in [0.25, 0.3) is 0 Å². The van der Waals surface area contributed by atoms with Crippen LogP contribution in [0.1, 0.15) is 50.5 Å². The van der Waals surface area contributed by atoms with Gasteiger partial charge in [0.05, 0.1) is 12.0 Å². The topological polar surface area (TPSA) is 84.5 Å². The van der Waals surface area contributed by atoms with E-state index in [9.17, 15) is 13.2 Å². The number of ether oxygens (including phenoxy) is 1. The van der Waals surface area contributed by atoms with Crippen LogP contribution in [0, 0.1) is 24.2 Å². The molecule has 34 heavy (non-hydrogen) atoms. The molecule has 1 amide bonds. The van der Waals surface area contributed by atoms with Crippen LogP contribution in [0.5, 0.6) is 5.75 Å². The minimum atomic E-state index is -3.82. The van der Waals surface area contributed by atoms with Gasteiger partial charge in [0.2, 0.25) is 5.91 Å². The SMILES string of the molecule is COc1ccc(NS(=O)(=O)c2cc(NC(=O)CC34C[C@@H]5C[C@@H](CC(Br)(C5)C3)C4)ccc2C)cc1. The number of sulfonamides is 1. The Hall–Kier alpha value is -2.06. The van der Waals surface area contributed by atoms with E-state index in [0.717, 1.165) is 19.3 Å². The molecule has 0 aromatic heterocycles. The molecule has 6 nitrogen and oxygen atoms in total. The van der Waals surface area contributed by atoms with Gasteiger partial charge >= 0.3 is 0 Å². The van der Waals surface area contributed by atoms with E-state index in [1.807, 2.05) is 0 Å². The summed E-state index contributed by atoms with van der Waals surface area (Å²) in [6.07, 6.45) is 7.57. The molecule has 0 spiro atoms. The van der Waals surface area contributed by atoms with Crippen molar-refractivity contribution in [2.75, 3.05) is 17.1 Å². The highest BCUT2D eigenvalue weighted by molar-refractivity contribution is 9.10. The zero-order chi connectivity index (χ0) is 24.1. The maximum Gasteiger partial charge on any atom is 0.262 e. The fraction of sp³-hybridized carbons (Fsp3) is 0.500. The molecule has 4 atom stereocenters. The third-order valence-corrected chi connectivity index (χ3v) is 10.2. The number of benzene rings is 2. The van der Waals surface area contributed by atoms with Crippen molar-refractivity contribution in [2.45, 2.75) is 61.1 Å². The monoisotopic (exact) mass is 546 g/mol. The van der Waals surface area contributed by atoms with Crippen molar-refractivity contribution in [3.8, 4) is 5.75 Å². The summed E-state index contributed by atoms with van der Waals surface area (Å²) < 4.78 is 34.1. The average Bonchev–Trinajstić information content (AvgIpc) is 2.73. The number of hydrogen-bond acceptors (Lipinski definition) is 4. The Morgan fingerprint density at radius 1 is 1.06 bits per heavy atom. The summed E-state index contributed by atoms with van der Waals surface area (Å²) >= 11 is 4.01. The highest BCUT2D eigenvalue weighted by Gasteiger charge is 2.57. The van der Waals surface area contributed by atoms with Crippen molar-refractivity contribution < 1.29 is 17.9 Å². The second kappa shape index (κ2) is 8.55. The Kier molecular flexibility index (Phi) is 5.96. The predicted octanol–water partition coefficient (Wildman–Crippen LogP) is 5.87. The molecular formula is C26H31BrN2O4S. The number of hydrogen-bond donors (Lipinski definition) is 2. The van der Waals surface area contributed by atoms with Gasteiger partial charge in [-0.25, -0.2) is 8.42 Å². The molecule has 8 heteroatoms. The smallest absolute Gasteiger partial charge is 0.262 e. The second-order valence-electron chi connectivity index (χ2n) is 10.7. The van der Waals surface area contributed by atoms with E-state index in [2.05, 4.69) is 26.0 Å². The average molecular weight is 548 g/mol. The highest BCUT2D eigenvalue weighted by atomic mass is 79.9. The van der Waals surface area contributed by atoms with Crippen molar-refractivity contribution in [3.05, 3.63) is 48.0 Å². The van der Waals surface area contributed by atoms with Gasteiger partial charge in [-0.05, 0) is 105 Å². The molecule has 2 aromatic rings. The Morgan fingerprint density at radius 2 is 1.71 bits per heavy atom. The van der Waals surface area contributed by atoms with Crippen molar-refractivity contribution in [1.82, 2.24) is 0 Å². The molecule has 4 aliphatic carbocycles. The quantitative estimate of drug-likeness (QED) is 0.425. The Bertz CT molecular complexity index is 1200. The number of methoxy groups -OCH3 is 1. The minimum Gasteiger partial charge on any atom is -0.497 e. The summed E-state index contributed by atoms with van der Waals surface area (Å²) in [6, 6.07) is 11.7. The first kappa shape index (κ1) is 23.7. The Balaban J connectivity index is 1.30.